The molecule has 0 bridgehead atoms. The van der Waals surface area contributed by atoms with Crippen LogP contribution in [-0.4, -0.2) is 31.7 Å². The minimum absolute atomic E-state index is 0. The normalized spacial score (nSPS) is 10.3. The van der Waals surface area contributed by atoms with E-state index >= 15 is 0 Å². The number of hydrogen-bond acceptors (Lipinski definition) is 7. The van der Waals surface area contributed by atoms with Crippen molar-refractivity contribution in [3.63, 3.8) is 0 Å². The van der Waals surface area contributed by atoms with Gasteiger partial charge in [-0.25, -0.2) is 4.98 Å². The van der Waals surface area contributed by atoms with E-state index in [9.17, 15) is 0 Å². The summed E-state index contributed by atoms with van der Waals surface area (Å²) in [6.45, 7) is -0.181. The van der Waals surface area contributed by atoms with Crippen LogP contribution >= 0.6 is 22.6 Å². The van der Waals surface area contributed by atoms with Crippen molar-refractivity contribution in [1.29, 1.82) is 0 Å². The summed E-state index contributed by atoms with van der Waals surface area (Å²) >= 11 is 2.28. The van der Waals surface area contributed by atoms with Gasteiger partial charge >= 0.3 is 138 Å². The third-order valence-corrected chi connectivity index (χ3v) is 5.67. The molecular formula is C30H26Cs2IN5O3. The van der Waals surface area contributed by atoms with Crippen molar-refractivity contribution in [1.82, 2.24) is 19.5 Å². The topological polar surface area (TPSA) is 105 Å². The third-order valence-electron chi connectivity index (χ3n) is 4.95. The first kappa shape index (κ1) is 38.6. The second kappa shape index (κ2) is 24.0. The molecule has 0 amide bonds. The average Bonchev–Trinajstić information content (AvgIpc) is 3.73. The van der Waals surface area contributed by atoms with Gasteiger partial charge in [0.1, 0.15) is 5.69 Å². The second-order valence-corrected chi connectivity index (χ2v) is 8.78. The van der Waals surface area contributed by atoms with Crippen LogP contribution in [0.3, 0.4) is 0 Å². The van der Waals surface area contributed by atoms with Gasteiger partial charge < -0.3 is 11.6 Å². The van der Waals surface area contributed by atoms with Crippen molar-refractivity contribution >= 4 is 34.8 Å². The van der Waals surface area contributed by atoms with E-state index in [1.165, 1.54) is 3.57 Å². The van der Waals surface area contributed by atoms with Gasteiger partial charge in [-0.15, -0.1) is 0 Å². The monoisotopic (exact) mass is 897 g/mol. The standard InChI is InChI=1S/C14H11N3.C9H8N2.C6H5I.CH2O3.2Cs.H/c1-2-6-12(7-3-1)17-11-10-16-14(17)13-8-4-5-9-15-13;1-2-6-10-8(4-1)9-5-3-7-11-9;7-6-4-2-1-3-5-6;2-1-4-3;;;/h1-11H;1-4,6-7H,5H2;1-5H;1,3H;;;/q;;;;2*+1;-1/p-1. The van der Waals surface area contributed by atoms with Crippen molar-refractivity contribution in [2.24, 2.45) is 4.99 Å². The Hall–Kier alpha value is -0.376. The fraction of sp³-hybridized carbons (Fsp3) is 0.0333. The number of pyridine rings is 2. The first-order valence-corrected chi connectivity index (χ1v) is 12.9. The summed E-state index contributed by atoms with van der Waals surface area (Å²) in [4.78, 5) is 28.3. The summed E-state index contributed by atoms with van der Waals surface area (Å²) in [6.07, 6.45) is 12.1. The molecule has 4 heterocycles. The number of carbonyl (C=O) groups is 1. The summed E-state index contributed by atoms with van der Waals surface area (Å²) in [5, 5.41) is 8.43. The summed E-state index contributed by atoms with van der Waals surface area (Å²) < 4.78 is 3.32. The first-order valence-electron chi connectivity index (χ1n) is 11.8. The van der Waals surface area contributed by atoms with Gasteiger partial charge in [0.05, 0.1) is 11.4 Å². The Labute approximate surface area is 372 Å². The molecule has 1 aliphatic heterocycles. The molecule has 0 unspecified atom stereocenters. The summed E-state index contributed by atoms with van der Waals surface area (Å²) in [6, 6.07) is 32.0. The minimum atomic E-state index is -0.181. The molecule has 41 heavy (non-hydrogen) atoms. The SMILES string of the molecule is C1=CN=C(c2ccccn2)C1.Ic1ccccc1.O=CO[O-].[Cs+].[Cs+].[H-].c1ccc(-n2ccnc2-c2ccccn2)cc1. The zero-order chi connectivity index (χ0) is 27.5. The molecule has 0 atom stereocenters. The Morgan fingerprint density at radius 2 is 1.34 bits per heavy atom. The maximum Gasteiger partial charge on any atom is 1.00 e. The molecule has 198 valence electrons. The number of aromatic nitrogens is 4. The zero-order valence-electron chi connectivity index (χ0n) is 23.8. The number of allylic oxidation sites excluding steroid dienone is 1. The van der Waals surface area contributed by atoms with E-state index in [0.29, 0.717) is 0 Å². The smallest absolute Gasteiger partial charge is 1.00 e. The van der Waals surface area contributed by atoms with Crippen LogP contribution in [-0.2, 0) is 9.68 Å². The maximum absolute atomic E-state index is 8.64. The van der Waals surface area contributed by atoms with Gasteiger partial charge in [0.15, 0.2) is 5.82 Å². The molecule has 0 saturated heterocycles. The Kier molecular flexibility index (Phi) is 22.6. The second-order valence-electron chi connectivity index (χ2n) is 7.54. The number of para-hydroxylation sites is 1. The number of carbonyl (C=O) groups excluding carboxylic acids is 1. The molecule has 6 rings (SSSR count). The fourth-order valence-electron chi connectivity index (χ4n) is 3.26. The van der Waals surface area contributed by atoms with E-state index in [1.54, 1.807) is 18.6 Å². The Morgan fingerprint density at radius 1 is 0.780 bits per heavy atom. The van der Waals surface area contributed by atoms with Crippen molar-refractivity contribution in [3.8, 4) is 17.2 Å². The molecule has 0 fully saturated rings. The van der Waals surface area contributed by atoms with E-state index in [1.807, 2.05) is 108 Å². The molecule has 2 aromatic carbocycles. The Balaban J connectivity index is 0.000000585. The maximum atomic E-state index is 8.64. The number of benzene rings is 2. The van der Waals surface area contributed by atoms with Crippen molar-refractivity contribution in [3.05, 3.63) is 143 Å². The molecule has 8 nitrogen and oxygen atoms in total. The molecule has 0 radical (unpaired) electrons. The summed E-state index contributed by atoms with van der Waals surface area (Å²) in [7, 11) is 0. The number of aliphatic imine (C=N–C) groups is 1. The van der Waals surface area contributed by atoms with Gasteiger partial charge in [-0.1, -0.05) is 54.6 Å². The predicted octanol–water partition coefficient (Wildman–Crippen LogP) is -0.431. The van der Waals surface area contributed by atoms with Crippen molar-refractivity contribution in [2.45, 2.75) is 6.42 Å². The molecule has 0 aliphatic carbocycles. The van der Waals surface area contributed by atoms with E-state index in [4.69, 9.17) is 10.1 Å². The van der Waals surface area contributed by atoms with Crippen LogP contribution in [0.1, 0.15) is 13.5 Å². The average molecular weight is 897 g/mol. The summed E-state index contributed by atoms with van der Waals surface area (Å²) in [5.41, 5.74) is 4.01. The molecule has 0 saturated carbocycles. The van der Waals surface area contributed by atoms with Gasteiger partial charge in [-0.2, -0.15) is 0 Å². The number of nitrogens with zero attached hydrogens (tertiary/aromatic N) is 5. The van der Waals surface area contributed by atoms with Crippen LogP contribution in [0, 0.1) is 3.57 Å². The van der Waals surface area contributed by atoms with Gasteiger partial charge in [-0.3, -0.25) is 24.3 Å². The van der Waals surface area contributed by atoms with Crippen LogP contribution in [0.4, 0.5) is 0 Å². The molecule has 11 heteroatoms. The third kappa shape index (κ3) is 14.8. The van der Waals surface area contributed by atoms with Crippen LogP contribution in [0.2, 0.25) is 0 Å². The van der Waals surface area contributed by atoms with Gasteiger partial charge in [0.25, 0.3) is 6.47 Å². The van der Waals surface area contributed by atoms with E-state index in [0.717, 1.165) is 35.0 Å². The first-order chi connectivity index (χ1) is 19.2. The molecule has 3 aromatic heterocycles. The van der Waals surface area contributed by atoms with E-state index in [2.05, 4.69) is 59.6 Å². The Morgan fingerprint density at radius 3 is 1.80 bits per heavy atom. The van der Waals surface area contributed by atoms with Crippen LogP contribution in [0.5, 0.6) is 0 Å². The van der Waals surface area contributed by atoms with Crippen LogP contribution in [0.15, 0.2) is 139 Å². The Bertz CT molecular complexity index is 1390. The quantitative estimate of drug-likeness (QED) is 0.105. The number of imidazole rings is 1. The molecule has 0 spiro atoms. The zero-order valence-corrected chi connectivity index (χ0v) is 37.5. The number of halogens is 1. The van der Waals surface area contributed by atoms with Gasteiger partial charge in [-0.05, 0) is 71.1 Å². The largest absolute Gasteiger partial charge is 1.00 e. The van der Waals surface area contributed by atoms with Crippen molar-refractivity contribution < 1.29 is 154 Å². The molecule has 5 aromatic rings. The minimum Gasteiger partial charge on any atom is -1.00 e. The van der Waals surface area contributed by atoms with Crippen molar-refractivity contribution in [2.75, 3.05) is 0 Å². The molecule has 0 N–H and O–H groups in total. The van der Waals surface area contributed by atoms with Crippen LogP contribution < -0.4 is 143 Å². The van der Waals surface area contributed by atoms with Gasteiger partial charge in [0.2, 0.25) is 0 Å². The summed E-state index contributed by atoms with van der Waals surface area (Å²) in [5.74, 6) is 0.858. The predicted molar refractivity (Wildman–Crippen MR) is 159 cm³/mol. The fourth-order valence-corrected chi connectivity index (χ4v) is 3.68. The number of hydrogen-bond donors (Lipinski definition) is 0. The van der Waals surface area contributed by atoms with Crippen LogP contribution in [0.25, 0.3) is 17.2 Å². The van der Waals surface area contributed by atoms with E-state index in [-0.39, 0.29) is 146 Å². The molecule has 1 aliphatic rings. The van der Waals surface area contributed by atoms with Gasteiger partial charge in [0, 0.05) is 46.7 Å². The van der Waals surface area contributed by atoms with E-state index < -0.39 is 0 Å². The molecular weight excluding hydrogens is 871 g/mol. The number of rotatable bonds is 4.